The Hall–Kier alpha value is -0.120. The fraction of sp³-hybridized carbons (Fsp3) is 1.00. The molecule has 2 unspecified atom stereocenters. The van der Waals surface area contributed by atoms with E-state index in [0.29, 0.717) is 5.92 Å². The van der Waals surface area contributed by atoms with Gasteiger partial charge in [0.15, 0.2) is 0 Å². The summed E-state index contributed by atoms with van der Waals surface area (Å²) in [6.07, 6.45) is 8.58. The Bertz CT molecular complexity index is 218. The molecule has 0 radical (unpaired) electrons. The monoisotopic (exact) mass is 241 g/mol. The zero-order chi connectivity index (χ0) is 12.1. The molecule has 0 amide bonds. The molecule has 1 aliphatic heterocycles. The highest BCUT2D eigenvalue weighted by molar-refractivity contribution is 4.97. The zero-order valence-electron chi connectivity index (χ0n) is 11.1. The molecule has 2 atom stereocenters. The van der Waals surface area contributed by atoms with Crippen LogP contribution in [0.25, 0.3) is 0 Å². The van der Waals surface area contributed by atoms with Crippen molar-refractivity contribution in [1.29, 1.82) is 0 Å². The maximum atomic E-state index is 6.54. The van der Waals surface area contributed by atoms with E-state index < -0.39 is 0 Å². The van der Waals surface area contributed by atoms with E-state index in [1.54, 1.807) is 0 Å². The molecule has 0 spiro atoms. The Morgan fingerprint density at radius 1 is 1.29 bits per heavy atom. The first-order valence-electron chi connectivity index (χ1n) is 7.26. The molecule has 1 saturated heterocycles. The normalized spacial score (nSPS) is 31.1. The Kier molecular flexibility index (Phi) is 4.83. The molecule has 0 aromatic rings. The van der Waals surface area contributed by atoms with Crippen LogP contribution in [-0.4, -0.2) is 31.5 Å². The predicted molar refractivity (Wildman–Crippen MR) is 69.0 cm³/mol. The van der Waals surface area contributed by atoms with Crippen LogP contribution in [0.3, 0.4) is 0 Å². The number of hydrogen-bond acceptors (Lipinski definition) is 3. The molecule has 100 valence electrons. The minimum atomic E-state index is -0.0659. The molecule has 2 rings (SSSR count). The summed E-state index contributed by atoms with van der Waals surface area (Å²) < 4.78 is 11.6. The minimum Gasteiger partial charge on any atom is -0.381 e. The summed E-state index contributed by atoms with van der Waals surface area (Å²) in [4.78, 5) is 0. The Labute approximate surface area is 105 Å². The standard InChI is InChI=1S/C14H27NO2/c1-2-17-14(8-5-3-4-6-9-14)13(15)12-7-10-16-11-12/h12-13H,2-11,15H2,1H3. The van der Waals surface area contributed by atoms with Crippen molar-refractivity contribution in [2.24, 2.45) is 11.7 Å². The molecule has 3 nitrogen and oxygen atoms in total. The van der Waals surface area contributed by atoms with Gasteiger partial charge in [0.05, 0.1) is 12.2 Å². The number of nitrogens with two attached hydrogens (primary N) is 1. The van der Waals surface area contributed by atoms with E-state index in [1.165, 1.54) is 25.7 Å². The Balaban J connectivity index is 2.06. The van der Waals surface area contributed by atoms with E-state index in [2.05, 4.69) is 6.92 Å². The first kappa shape index (κ1) is 13.3. The Morgan fingerprint density at radius 3 is 2.53 bits per heavy atom. The summed E-state index contributed by atoms with van der Waals surface area (Å²) in [5, 5.41) is 0. The second-order valence-corrected chi connectivity index (χ2v) is 5.56. The fourth-order valence-electron chi connectivity index (χ4n) is 3.45. The highest BCUT2D eigenvalue weighted by Gasteiger charge is 2.42. The van der Waals surface area contributed by atoms with Crippen LogP contribution >= 0.6 is 0 Å². The van der Waals surface area contributed by atoms with E-state index in [-0.39, 0.29) is 11.6 Å². The maximum absolute atomic E-state index is 6.54. The van der Waals surface area contributed by atoms with Crippen molar-refractivity contribution < 1.29 is 9.47 Å². The lowest BCUT2D eigenvalue weighted by molar-refractivity contribution is -0.0808. The molecule has 0 aromatic carbocycles. The lowest BCUT2D eigenvalue weighted by Crippen LogP contribution is -2.54. The number of hydrogen-bond donors (Lipinski definition) is 1. The predicted octanol–water partition coefficient (Wildman–Crippen LogP) is 2.48. The van der Waals surface area contributed by atoms with Crippen molar-refractivity contribution in [1.82, 2.24) is 0 Å². The van der Waals surface area contributed by atoms with Crippen LogP contribution in [0, 0.1) is 5.92 Å². The maximum Gasteiger partial charge on any atom is 0.0836 e. The minimum absolute atomic E-state index is 0.0659. The van der Waals surface area contributed by atoms with Gasteiger partial charge < -0.3 is 15.2 Å². The highest BCUT2D eigenvalue weighted by atomic mass is 16.5. The summed E-state index contributed by atoms with van der Waals surface area (Å²) in [7, 11) is 0. The van der Waals surface area contributed by atoms with E-state index in [9.17, 15) is 0 Å². The summed E-state index contributed by atoms with van der Waals surface area (Å²) in [5.74, 6) is 0.500. The molecule has 2 aliphatic rings. The number of rotatable bonds is 4. The Morgan fingerprint density at radius 2 is 2.00 bits per heavy atom. The smallest absolute Gasteiger partial charge is 0.0836 e. The molecule has 0 aromatic heterocycles. The van der Waals surface area contributed by atoms with Crippen molar-refractivity contribution in [2.45, 2.75) is 63.5 Å². The highest BCUT2D eigenvalue weighted by Crippen LogP contribution is 2.37. The lowest BCUT2D eigenvalue weighted by atomic mass is 9.79. The van der Waals surface area contributed by atoms with Crippen LogP contribution in [0.15, 0.2) is 0 Å². The van der Waals surface area contributed by atoms with Crippen molar-refractivity contribution in [3.05, 3.63) is 0 Å². The van der Waals surface area contributed by atoms with E-state index in [0.717, 1.165) is 39.1 Å². The third-order valence-corrected chi connectivity index (χ3v) is 4.46. The lowest BCUT2D eigenvalue weighted by Gasteiger charge is -2.40. The first-order valence-corrected chi connectivity index (χ1v) is 7.26. The van der Waals surface area contributed by atoms with E-state index in [4.69, 9.17) is 15.2 Å². The topological polar surface area (TPSA) is 44.5 Å². The summed E-state index contributed by atoms with van der Waals surface area (Å²) in [5.41, 5.74) is 6.47. The number of ether oxygens (including phenoxy) is 2. The van der Waals surface area contributed by atoms with Crippen LogP contribution in [0.5, 0.6) is 0 Å². The van der Waals surface area contributed by atoms with Gasteiger partial charge in [-0.3, -0.25) is 0 Å². The van der Waals surface area contributed by atoms with Crippen LogP contribution < -0.4 is 5.73 Å². The van der Waals surface area contributed by atoms with Gasteiger partial charge in [0.25, 0.3) is 0 Å². The average molecular weight is 241 g/mol. The molecule has 1 saturated carbocycles. The SMILES string of the molecule is CCOC1(C(N)C2CCOC2)CCCCCC1. The van der Waals surface area contributed by atoms with E-state index >= 15 is 0 Å². The van der Waals surface area contributed by atoms with Gasteiger partial charge in [-0.1, -0.05) is 25.7 Å². The summed E-state index contributed by atoms with van der Waals surface area (Å²) >= 11 is 0. The van der Waals surface area contributed by atoms with Crippen molar-refractivity contribution in [3.63, 3.8) is 0 Å². The third-order valence-electron chi connectivity index (χ3n) is 4.46. The summed E-state index contributed by atoms with van der Waals surface area (Å²) in [6.45, 7) is 4.57. The van der Waals surface area contributed by atoms with Crippen molar-refractivity contribution in [2.75, 3.05) is 19.8 Å². The molecule has 1 heterocycles. The quantitative estimate of drug-likeness (QED) is 0.769. The molecule has 2 fully saturated rings. The van der Waals surface area contributed by atoms with Gasteiger partial charge >= 0.3 is 0 Å². The molecule has 0 bridgehead atoms. The van der Waals surface area contributed by atoms with Crippen LogP contribution in [0.4, 0.5) is 0 Å². The molecule has 3 heteroatoms. The van der Waals surface area contributed by atoms with Gasteiger partial charge in [0, 0.05) is 25.2 Å². The van der Waals surface area contributed by atoms with Gasteiger partial charge in [0.1, 0.15) is 0 Å². The van der Waals surface area contributed by atoms with Crippen LogP contribution in [-0.2, 0) is 9.47 Å². The van der Waals surface area contributed by atoms with Crippen LogP contribution in [0.2, 0.25) is 0 Å². The van der Waals surface area contributed by atoms with Gasteiger partial charge in [-0.2, -0.15) is 0 Å². The molecular weight excluding hydrogens is 214 g/mol. The fourth-order valence-corrected chi connectivity index (χ4v) is 3.45. The zero-order valence-corrected chi connectivity index (χ0v) is 11.1. The van der Waals surface area contributed by atoms with Crippen molar-refractivity contribution >= 4 is 0 Å². The average Bonchev–Trinajstić information content (AvgIpc) is 2.76. The van der Waals surface area contributed by atoms with Gasteiger partial charge in [-0.15, -0.1) is 0 Å². The van der Waals surface area contributed by atoms with Crippen molar-refractivity contribution in [3.8, 4) is 0 Å². The second-order valence-electron chi connectivity index (χ2n) is 5.56. The molecule has 1 aliphatic carbocycles. The van der Waals surface area contributed by atoms with Gasteiger partial charge in [-0.05, 0) is 26.2 Å². The summed E-state index contributed by atoms with van der Waals surface area (Å²) in [6, 6.07) is 0.156. The molecule has 17 heavy (non-hydrogen) atoms. The molecular formula is C14H27NO2. The first-order chi connectivity index (χ1) is 8.28. The van der Waals surface area contributed by atoms with Crippen LogP contribution in [0.1, 0.15) is 51.9 Å². The van der Waals surface area contributed by atoms with Gasteiger partial charge in [0.2, 0.25) is 0 Å². The van der Waals surface area contributed by atoms with Gasteiger partial charge in [-0.25, -0.2) is 0 Å². The molecule has 2 N–H and O–H groups in total. The largest absolute Gasteiger partial charge is 0.381 e. The third kappa shape index (κ3) is 3.01. The van der Waals surface area contributed by atoms with E-state index in [1.807, 2.05) is 0 Å². The second kappa shape index (κ2) is 6.17.